The molecule has 0 radical (unpaired) electrons. The number of benzene rings is 1. The molecule has 20 heavy (non-hydrogen) atoms. The van der Waals surface area contributed by atoms with Crippen LogP contribution in [0.3, 0.4) is 0 Å². The Hall–Kier alpha value is -1.88. The smallest absolute Gasteiger partial charge is 0.335 e. The molecule has 0 spiro atoms. The highest BCUT2D eigenvalue weighted by molar-refractivity contribution is 5.97. The molecule has 2 N–H and O–H groups in total. The maximum atomic E-state index is 11.9. The number of nitrogens with zero attached hydrogens (tertiary/aromatic N) is 1. The maximum Gasteiger partial charge on any atom is 0.335 e. The SMILES string of the molecule is CCCN(CC)CCNC(=O)c1cccc(C(=O)O)c1. The average Bonchev–Trinajstić information content (AvgIpc) is 2.46. The number of carboxylic acids is 1. The van der Waals surface area contributed by atoms with Crippen LogP contribution in [0.2, 0.25) is 0 Å². The van der Waals surface area contributed by atoms with E-state index in [0.29, 0.717) is 12.1 Å². The van der Waals surface area contributed by atoms with Crippen molar-refractivity contribution in [3.8, 4) is 0 Å². The van der Waals surface area contributed by atoms with E-state index in [4.69, 9.17) is 5.11 Å². The number of nitrogens with one attached hydrogen (secondary N) is 1. The number of carbonyl (C=O) groups excluding carboxylic acids is 1. The van der Waals surface area contributed by atoms with Crippen LogP contribution in [0.25, 0.3) is 0 Å². The molecule has 0 bridgehead atoms. The van der Waals surface area contributed by atoms with Crippen molar-refractivity contribution < 1.29 is 14.7 Å². The van der Waals surface area contributed by atoms with Crippen molar-refractivity contribution in [1.82, 2.24) is 10.2 Å². The third-order valence-corrected chi connectivity index (χ3v) is 3.07. The highest BCUT2D eigenvalue weighted by Crippen LogP contribution is 2.05. The molecule has 0 saturated carbocycles. The van der Waals surface area contributed by atoms with Crippen LogP contribution in [0, 0.1) is 0 Å². The molecule has 0 aliphatic rings. The molecule has 1 aromatic rings. The summed E-state index contributed by atoms with van der Waals surface area (Å²) in [4.78, 5) is 25.0. The summed E-state index contributed by atoms with van der Waals surface area (Å²) in [5.74, 6) is -1.26. The van der Waals surface area contributed by atoms with Crippen LogP contribution in [-0.4, -0.2) is 48.1 Å². The Bertz CT molecular complexity index is 460. The van der Waals surface area contributed by atoms with Gasteiger partial charge in [-0.05, 0) is 37.7 Å². The van der Waals surface area contributed by atoms with Gasteiger partial charge in [-0.3, -0.25) is 4.79 Å². The van der Waals surface area contributed by atoms with E-state index in [1.165, 1.54) is 12.1 Å². The van der Waals surface area contributed by atoms with Gasteiger partial charge in [0.05, 0.1) is 5.56 Å². The van der Waals surface area contributed by atoms with Crippen LogP contribution < -0.4 is 5.32 Å². The molecule has 0 saturated heterocycles. The summed E-state index contributed by atoms with van der Waals surface area (Å²) in [6.07, 6.45) is 1.09. The third kappa shape index (κ3) is 5.01. The fraction of sp³-hybridized carbons (Fsp3) is 0.467. The van der Waals surface area contributed by atoms with Crippen LogP contribution in [-0.2, 0) is 0 Å². The Labute approximate surface area is 119 Å². The number of likely N-dealkylation sites (N-methyl/N-ethyl adjacent to an activating group) is 1. The number of aromatic carboxylic acids is 1. The van der Waals surface area contributed by atoms with E-state index in [0.717, 1.165) is 26.1 Å². The van der Waals surface area contributed by atoms with E-state index in [2.05, 4.69) is 24.1 Å². The lowest BCUT2D eigenvalue weighted by atomic mass is 10.1. The molecule has 0 aliphatic heterocycles. The van der Waals surface area contributed by atoms with Gasteiger partial charge in [-0.15, -0.1) is 0 Å². The van der Waals surface area contributed by atoms with Gasteiger partial charge >= 0.3 is 5.97 Å². The number of rotatable bonds is 8. The van der Waals surface area contributed by atoms with Gasteiger partial charge in [0.15, 0.2) is 0 Å². The van der Waals surface area contributed by atoms with Crippen molar-refractivity contribution in [1.29, 1.82) is 0 Å². The van der Waals surface area contributed by atoms with Crippen molar-refractivity contribution in [3.05, 3.63) is 35.4 Å². The quantitative estimate of drug-likeness (QED) is 0.761. The first-order chi connectivity index (χ1) is 9.58. The van der Waals surface area contributed by atoms with Gasteiger partial charge in [0.25, 0.3) is 5.91 Å². The molecule has 0 atom stereocenters. The van der Waals surface area contributed by atoms with Crippen LogP contribution in [0.4, 0.5) is 0 Å². The van der Waals surface area contributed by atoms with E-state index in [1.807, 2.05) is 0 Å². The number of carbonyl (C=O) groups is 2. The van der Waals surface area contributed by atoms with E-state index in [9.17, 15) is 9.59 Å². The standard InChI is InChI=1S/C15H22N2O3/c1-3-9-17(4-2)10-8-16-14(18)12-6-5-7-13(11-12)15(19)20/h5-7,11H,3-4,8-10H2,1-2H3,(H,16,18)(H,19,20). The number of amides is 1. The van der Waals surface area contributed by atoms with Crippen molar-refractivity contribution in [2.45, 2.75) is 20.3 Å². The van der Waals surface area contributed by atoms with Crippen molar-refractivity contribution >= 4 is 11.9 Å². The number of hydrogen-bond donors (Lipinski definition) is 2. The normalized spacial score (nSPS) is 10.6. The maximum absolute atomic E-state index is 11.9. The van der Waals surface area contributed by atoms with E-state index >= 15 is 0 Å². The van der Waals surface area contributed by atoms with Crippen LogP contribution in [0.5, 0.6) is 0 Å². The molecule has 0 aromatic heterocycles. The first kappa shape index (κ1) is 16.2. The van der Waals surface area contributed by atoms with Gasteiger partial charge < -0.3 is 15.3 Å². The Morgan fingerprint density at radius 2 is 1.90 bits per heavy atom. The zero-order valence-corrected chi connectivity index (χ0v) is 12.1. The minimum absolute atomic E-state index is 0.124. The lowest BCUT2D eigenvalue weighted by Gasteiger charge is -2.19. The molecule has 5 heteroatoms. The molecule has 0 aliphatic carbocycles. The summed E-state index contributed by atoms with van der Waals surface area (Å²) in [5, 5.41) is 11.7. The van der Waals surface area contributed by atoms with Gasteiger partial charge in [-0.25, -0.2) is 4.79 Å². The second-order valence-electron chi connectivity index (χ2n) is 4.58. The Balaban J connectivity index is 2.50. The number of carboxylic acid groups (broad SMARTS) is 1. The fourth-order valence-corrected chi connectivity index (χ4v) is 1.97. The molecule has 5 nitrogen and oxygen atoms in total. The minimum atomic E-state index is -1.03. The topological polar surface area (TPSA) is 69.6 Å². The zero-order valence-electron chi connectivity index (χ0n) is 12.1. The molecule has 1 aromatic carbocycles. The van der Waals surface area contributed by atoms with E-state index in [1.54, 1.807) is 12.1 Å². The Morgan fingerprint density at radius 3 is 2.50 bits per heavy atom. The molecule has 1 rings (SSSR count). The zero-order chi connectivity index (χ0) is 15.0. The predicted octanol–water partition coefficient (Wildman–Crippen LogP) is 1.85. The second kappa shape index (κ2) is 8.32. The second-order valence-corrected chi connectivity index (χ2v) is 4.58. The molecular formula is C15H22N2O3. The van der Waals surface area contributed by atoms with Gasteiger partial charge in [-0.2, -0.15) is 0 Å². The van der Waals surface area contributed by atoms with Crippen LogP contribution >= 0.6 is 0 Å². The molecular weight excluding hydrogens is 256 g/mol. The number of hydrogen-bond acceptors (Lipinski definition) is 3. The molecule has 1 amide bonds. The van der Waals surface area contributed by atoms with Gasteiger partial charge in [0, 0.05) is 18.7 Å². The van der Waals surface area contributed by atoms with Gasteiger partial charge in [0.2, 0.25) is 0 Å². The van der Waals surface area contributed by atoms with Crippen molar-refractivity contribution in [3.63, 3.8) is 0 Å². The Kier molecular flexibility index (Phi) is 6.73. The lowest BCUT2D eigenvalue weighted by molar-refractivity contribution is 0.0697. The van der Waals surface area contributed by atoms with Gasteiger partial charge in [-0.1, -0.05) is 19.9 Å². The molecule has 110 valence electrons. The van der Waals surface area contributed by atoms with E-state index < -0.39 is 5.97 Å². The monoisotopic (exact) mass is 278 g/mol. The summed E-state index contributed by atoms with van der Waals surface area (Å²) < 4.78 is 0. The Morgan fingerprint density at radius 1 is 1.20 bits per heavy atom. The first-order valence-corrected chi connectivity index (χ1v) is 6.92. The summed E-state index contributed by atoms with van der Waals surface area (Å²) in [5.41, 5.74) is 0.502. The summed E-state index contributed by atoms with van der Waals surface area (Å²) in [7, 11) is 0. The molecule has 0 unspecified atom stereocenters. The third-order valence-electron chi connectivity index (χ3n) is 3.07. The molecule has 0 heterocycles. The van der Waals surface area contributed by atoms with Crippen molar-refractivity contribution in [2.75, 3.05) is 26.2 Å². The average molecular weight is 278 g/mol. The van der Waals surface area contributed by atoms with Gasteiger partial charge in [0.1, 0.15) is 0 Å². The highest BCUT2D eigenvalue weighted by atomic mass is 16.4. The largest absolute Gasteiger partial charge is 0.478 e. The molecule has 0 fully saturated rings. The summed E-state index contributed by atoms with van der Waals surface area (Å²) in [6, 6.07) is 6.06. The fourth-order valence-electron chi connectivity index (χ4n) is 1.97. The van der Waals surface area contributed by atoms with E-state index in [-0.39, 0.29) is 11.5 Å². The lowest BCUT2D eigenvalue weighted by Crippen LogP contribution is -2.35. The van der Waals surface area contributed by atoms with Crippen LogP contribution in [0.1, 0.15) is 41.0 Å². The highest BCUT2D eigenvalue weighted by Gasteiger charge is 2.09. The van der Waals surface area contributed by atoms with Crippen LogP contribution in [0.15, 0.2) is 24.3 Å². The summed E-state index contributed by atoms with van der Waals surface area (Å²) >= 11 is 0. The predicted molar refractivity (Wildman–Crippen MR) is 78.1 cm³/mol. The minimum Gasteiger partial charge on any atom is -0.478 e. The first-order valence-electron chi connectivity index (χ1n) is 6.92. The van der Waals surface area contributed by atoms with Crippen molar-refractivity contribution in [2.24, 2.45) is 0 Å². The summed E-state index contributed by atoms with van der Waals surface area (Å²) in [6.45, 7) is 7.55.